The summed E-state index contributed by atoms with van der Waals surface area (Å²) in [5, 5.41) is 0. The first-order valence-corrected chi connectivity index (χ1v) is 6.02. The van der Waals surface area contributed by atoms with Crippen molar-refractivity contribution in [2.75, 3.05) is 10.5 Å². The highest BCUT2D eigenvalue weighted by Crippen LogP contribution is 2.05. The van der Waals surface area contributed by atoms with Gasteiger partial charge in [-0.05, 0) is 19.9 Å². The van der Waals surface area contributed by atoms with Crippen molar-refractivity contribution in [3.8, 4) is 0 Å². The van der Waals surface area contributed by atoms with E-state index in [9.17, 15) is 4.21 Å². The van der Waals surface area contributed by atoms with Gasteiger partial charge < -0.3 is 0 Å². The lowest BCUT2D eigenvalue weighted by molar-refractivity contribution is 0.679. The van der Waals surface area contributed by atoms with Crippen LogP contribution in [0.1, 0.15) is 18.3 Å². The second-order valence-corrected chi connectivity index (χ2v) is 5.17. The number of rotatable bonds is 3. The van der Waals surface area contributed by atoms with Crippen molar-refractivity contribution in [3.05, 3.63) is 17.5 Å². The van der Waals surface area contributed by atoms with Crippen molar-refractivity contribution in [2.45, 2.75) is 20.8 Å². The van der Waals surface area contributed by atoms with E-state index in [1.165, 1.54) is 0 Å². The van der Waals surface area contributed by atoms with Gasteiger partial charge in [0.25, 0.3) is 0 Å². The molecule has 0 aliphatic rings. The van der Waals surface area contributed by atoms with Crippen LogP contribution in [0.3, 0.4) is 0 Å². The highest BCUT2D eigenvalue weighted by atomic mass is 32.2. The Morgan fingerprint density at radius 3 is 2.36 bits per heavy atom. The second kappa shape index (κ2) is 3.91. The van der Waals surface area contributed by atoms with E-state index in [-0.39, 0.29) is 11.7 Å². The molecule has 0 aliphatic carbocycles. The van der Waals surface area contributed by atoms with Crippen molar-refractivity contribution >= 4 is 15.9 Å². The molecule has 0 bridgehead atoms. The van der Waals surface area contributed by atoms with Gasteiger partial charge in [-0.1, -0.05) is 6.92 Å². The average molecular weight is 214 g/mol. The number of hydrogen-bond acceptors (Lipinski definition) is 4. The monoisotopic (exact) mass is 214 g/mol. The third kappa shape index (κ3) is 2.95. The van der Waals surface area contributed by atoms with E-state index < -0.39 is 9.92 Å². The molecule has 0 saturated heterocycles. The first-order chi connectivity index (χ1) is 6.43. The first-order valence-electron chi connectivity index (χ1n) is 4.29. The van der Waals surface area contributed by atoms with Crippen LogP contribution in [0.4, 0.5) is 5.95 Å². The fourth-order valence-corrected chi connectivity index (χ4v) is 1.52. The number of nitrogens with zero attached hydrogens (tertiary/aromatic N) is 2. The lowest BCUT2D eigenvalue weighted by Crippen LogP contribution is -2.15. The standard InChI is InChI=1S/C8H14N4OS/c1-4-14(9,13)12-8-10-6(2)5-7(3)11-8/h5H,4H2,1-3H3,(H2,9,10,11,12,13). The first kappa shape index (κ1) is 10.9. The zero-order valence-corrected chi connectivity index (χ0v) is 9.31. The Labute approximate surface area is 84.1 Å². The van der Waals surface area contributed by atoms with Crippen LogP contribution >= 0.6 is 0 Å². The topological polar surface area (TPSA) is 78.7 Å². The molecule has 0 saturated carbocycles. The van der Waals surface area contributed by atoms with Gasteiger partial charge in [0.2, 0.25) is 5.95 Å². The van der Waals surface area contributed by atoms with Crippen LogP contribution in [0.25, 0.3) is 0 Å². The molecule has 14 heavy (non-hydrogen) atoms. The Bertz CT molecular complexity index is 407. The van der Waals surface area contributed by atoms with Gasteiger partial charge in [-0.25, -0.2) is 19.0 Å². The van der Waals surface area contributed by atoms with Gasteiger partial charge in [0.05, 0.1) is 0 Å². The Kier molecular flexibility index (Phi) is 3.05. The summed E-state index contributed by atoms with van der Waals surface area (Å²) in [5.41, 5.74) is 1.60. The van der Waals surface area contributed by atoms with Crippen LogP contribution < -0.4 is 4.72 Å². The quantitative estimate of drug-likeness (QED) is 0.800. The van der Waals surface area contributed by atoms with Crippen molar-refractivity contribution in [2.24, 2.45) is 0 Å². The molecule has 0 radical (unpaired) electrons. The minimum Gasteiger partial charge on any atom is -0.267 e. The summed E-state index contributed by atoms with van der Waals surface area (Å²) in [5.74, 6) is 0.507. The maximum absolute atomic E-state index is 11.4. The number of aryl methyl sites for hydroxylation is 2. The van der Waals surface area contributed by atoms with E-state index in [2.05, 4.69) is 14.7 Å². The lowest BCUT2D eigenvalue weighted by atomic mass is 10.4. The number of anilines is 1. The summed E-state index contributed by atoms with van der Waals surface area (Å²) in [6.45, 7) is 5.35. The number of hydrogen-bond donors (Lipinski definition) is 2. The lowest BCUT2D eigenvalue weighted by Gasteiger charge is -2.07. The van der Waals surface area contributed by atoms with Crippen molar-refractivity contribution in [1.82, 2.24) is 9.97 Å². The second-order valence-electron chi connectivity index (χ2n) is 3.04. The van der Waals surface area contributed by atoms with Crippen molar-refractivity contribution in [1.29, 1.82) is 4.78 Å². The largest absolute Gasteiger partial charge is 0.267 e. The molecule has 0 spiro atoms. The molecule has 0 aliphatic heterocycles. The predicted molar refractivity (Wildman–Crippen MR) is 56.5 cm³/mol. The fourth-order valence-electron chi connectivity index (χ4n) is 0.991. The summed E-state index contributed by atoms with van der Waals surface area (Å²) in [7, 11) is -2.78. The normalized spacial score (nSPS) is 14.8. The molecular weight excluding hydrogens is 200 g/mol. The maximum Gasteiger partial charge on any atom is 0.235 e. The van der Waals surface area contributed by atoms with Gasteiger partial charge in [-0.15, -0.1) is 0 Å². The summed E-state index contributed by atoms with van der Waals surface area (Å²) in [6, 6.07) is 1.82. The minimum absolute atomic E-state index is 0.239. The van der Waals surface area contributed by atoms with Gasteiger partial charge in [-0.3, -0.25) is 4.72 Å². The highest BCUT2D eigenvalue weighted by Gasteiger charge is 2.05. The van der Waals surface area contributed by atoms with E-state index >= 15 is 0 Å². The molecule has 1 aromatic heterocycles. The predicted octanol–water partition coefficient (Wildman–Crippen LogP) is 1.49. The Balaban J connectivity index is 2.98. The molecule has 6 heteroatoms. The molecule has 1 atom stereocenters. The van der Waals surface area contributed by atoms with Crippen LogP contribution in [0.5, 0.6) is 0 Å². The summed E-state index contributed by atoms with van der Waals surface area (Å²) in [6.07, 6.45) is 0. The molecule has 1 unspecified atom stereocenters. The number of nitrogens with one attached hydrogen (secondary N) is 2. The molecule has 5 nitrogen and oxygen atoms in total. The molecule has 0 fully saturated rings. The molecule has 0 amide bonds. The fraction of sp³-hybridized carbons (Fsp3) is 0.500. The van der Waals surface area contributed by atoms with E-state index in [0.717, 1.165) is 11.4 Å². The third-order valence-corrected chi connectivity index (χ3v) is 2.97. The van der Waals surface area contributed by atoms with Gasteiger partial charge in [0.15, 0.2) is 0 Å². The van der Waals surface area contributed by atoms with Crippen LogP contribution in [0, 0.1) is 18.6 Å². The Hall–Kier alpha value is -1.17. The molecular formula is C8H14N4OS. The zero-order chi connectivity index (χ0) is 10.8. The van der Waals surface area contributed by atoms with E-state index in [1.54, 1.807) is 6.92 Å². The molecule has 0 aromatic carbocycles. The highest BCUT2D eigenvalue weighted by molar-refractivity contribution is 7.93. The van der Waals surface area contributed by atoms with Crippen LogP contribution in [0.15, 0.2) is 6.07 Å². The maximum atomic E-state index is 11.4. The molecule has 1 heterocycles. The SMILES string of the molecule is CCS(=N)(=O)Nc1nc(C)cc(C)n1. The Morgan fingerprint density at radius 2 is 1.93 bits per heavy atom. The van der Waals surface area contributed by atoms with E-state index in [4.69, 9.17) is 4.78 Å². The van der Waals surface area contributed by atoms with Gasteiger partial charge in [0.1, 0.15) is 9.92 Å². The van der Waals surface area contributed by atoms with Gasteiger partial charge in [-0.2, -0.15) is 0 Å². The summed E-state index contributed by atoms with van der Waals surface area (Å²) >= 11 is 0. The smallest absolute Gasteiger partial charge is 0.235 e. The molecule has 1 rings (SSSR count). The number of aromatic nitrogens is 2. The van der Waals surface area contributed by atoms with Crippen LogP contribution in [0.2, 0.25) is 0 Å². The van der Waals surface area contributed by atoms with Crippen LogP contribution in [-0.4, -0.2) is 19.9 Å². The van der Waals surface area contributed by atoms with Gasteiger partial charge >= 0.3 is 0 Å². The van der Waals surface area contributed by atoms with Crippen molar-refractivity contribution in [3.63, 3.8) is 0 Å². The Morgan fingerprint density at radius 1 is 1.43 bits per heavy atom. The van der Waals surface area contributed by atoms with Gasteiger partial charge in [0, 0.05) is 17.1 Å². The summed E-state index contributed by atoms with van der Waals surface area (Å²) < 4.78 is 21.3. The summed E-state index contributed by atoms with van der Waals surface area (Å²) in [4.78, 5) is 8.09. The van der Waals surface area contributed by atoms with E-state index in [1.807, 2.05) is 19.9 Å². The molecule has 2 N–H and O–H groups in total. The zero-order valence-electron chi connectivity index (χ0n) is 8.50. The van der Waals surface area contributed by atoms with E-state index in [0.29, 0.717) is 0 Å². The molecule has 78 valence electrons. The average Bonchev–Trinajstić information content (AvgIpc) is 2.01. The third-order valence-electron chi connectivity index (χ3n) is 1.64. The minimum atomic E-state index is -2.78. The molecule has 1 aromatic rings. The van der Waals surface area contributed by atoms with Crippen molar-refractivity contribution < 1.29 is 4.21 Å². The van der Waals surface area contributed by atoms with Crippen LogP contribution in [-0.2, 0) is 9.92 Å².